The summed E-state index contributed by atoms with van der Waals surface area (Å²) in [5.41, 5.74) is 2.23. The molecule has 0 saturated carbocycles. The minimum absolute atomic E-state index is 0.758. The summed E-state index contributed by atoms with van der Waals surface area (Å²) in [5, 5.41) is 4.93. The molecule has 86 valence electrons. The molecule has 2 aromatic rings. The summed E-state index contributed by atoms with van der Waals surface area (Å²) in [6, 6.07) is 5.86. The monoisotopic (exact) mass is 238 g/mol. The van der Waals surface area contributed by atoms with Crippen molar-refractivity contribution in [2.45, 2.75) is 6.54 Å². The summed E-state index contributed by atoms with van der Waals surface area (Å²) in [6.07, 6.45) is 0. The number of fused-ring (bicyclic) bond motifs is 1. The quantitative estimate of drug-likeness (QED) is 0.890. The van der Waals surface area contributed by atoms with Crippen molar-refractivity contribution in [1.29, 1.82) is 0 Å². The molecule has 0 aliphatic carbocycles. The standard InChI is InChI=1S/C12H15ClN2O/c1-14-7-8-6-9-10(13)4-5-11(16-3)12(9)15(8)2/h4-6,14H,7H2,1-3H3. The highest BCUT2D eigenvalue weighted by molar-refractivity contribution is 6.35. The zero-order chi connectivity index (χ0) is 11.7. The largest absolute Gasteiger partial charge is 0.495 e. The van der Waals surface area contributed by atoms with Gasteiger partial charge < -0.3 is 14.6 Å². The third-order valence-electron chi connectivity index (χ3n) is 2.78. The minimum Gasteiger partial charge on any atom is -0.495 e. The number of ether oxygens (including phenoxy) is 1. The van der Waals surface area contributed by atoms with E-state index in [0.29, 0.717) is 0 Å². The Kier molecular flexibility index (Phi) is 3.08. The maximum Gasteiger partial charge on any atom is 0.143 e. The molecule has 1 heterocycles. The van der Waals surface area contributed by atoms with E-state index in [-0.39, 0.29) is 0 Å². The van der Waals surface area contributed by atoms with Gasteiger partial charge in [-0.1, -0.05) is 11.6 Å². The Morgan fingerprint density at radius 1 is 1.44 bits per heavy atom. The molecule has 1 N–H and O–H groups in total. The Balaban J connectivity index is 2.73. The van der Waals surface area contributed by atoms with Crippen LogP contribution in [0.25, 0.3) is 10.9 Å². The first kappa shape index (κ1) is 11.3. The van der Waals surface area contributed by atoms with Crippen LogP contribution in [0.15, 0.2) is 18.2 Å². The van der Waals surface area contributed by atoms with Gasteiger partial charge in [-0.05, 0) is 25.2 Å². The van der Waals surface area contributed by atoms with Crippen molar-refractivity contribution in [3.63, 3.8) is 0 Å². The molecule has 0 saturated heterocycles. The second kappa shape index (κ2) is 4.36. The number of methoxy groups -OCH3 is 1. The predicted octanol–water partition coefficient (Wildman–Crippen LogP) is 2.56. The van der Waals surface area contributed by atoms with Crippen molar-refractivity contribution in [1.82, 2.24) is 9.88 Å². The molecule has 4 heteroatoms. The number of nitrogens with one attached hydrogen (secondary N) is 1. The highest BCUT2D eigenvalue weighted by Gasteiger charge is 2.12. The molecule has 0 spiro atoms. The first-order valence-corrected chi connectivity index (χ1v) is 5.52. The van der Waals surface area contributed by atoms with Crippen LogP contribution in [-0.2, 0) is 13.6 Å². The molecule has 0 aliphatic heterocycles. The lowest BCUT2D eigenvalue weighted by molar-refractivity contribution is 0.417. The summed E-state index contributed by atoms with van der Waals surface area (Å²) in [4.78, 5) is 0. The highest BCUT2D eigenvalue weighted by Crippen LogP contribution is 2.33. The van der Waals surface area contributed by atoms with Crippen LogP contribution in [0.5, 0.6) is 5.75 Å². The van der Waals surface area contributed by atoms with Crippen molar-refractivity contribution in [2.24, 2.45) is 7.05 Å². The van der Waals surface area contributed by atoms with Crippen LogP contribution in [-0.4, -0.2) is 18.7 Å². The van der Waals surface area contributed by atoms with Crippen molar-refractivity contribution < 1.29 is 4.74 Å². The van der Waals surface area contributed by atoms with Gasteiger partial charge in [0.1, 0.15) is 5.75 Å². The lowest BCUT2D eigenvalue weighted by Crippen LogP contribution is -2.08. The van der Waals surface area contributed by atoms with Crippen LogP contribution >= 0.6 is 11.6 Å². The smallest absolute Gasteiger partial charge is 0.143 e. The fraction of sp³-hybridized carbons (Fsp3) is 0.333. The molecule has 3 nitrogen and oxygen atoms in total. The zero-order valence-electron chi connectivity index (χ0n) is 9.67. The molecule has 0 fully saturated rings. The average molecular weight is 239 g/mol. The third-order valence-corrected chi connectivity index (χ3v) is 3.11. The topological polar surface area (TPSA) is 26.2 Å². The van der Waals surface area contributed by atoms with E-state index < -0.39 is 0 Å². The van der Waals surface area contributed by atoms with Crippen molar-refractivity contribution in [2.75, 3.05) is 14.2 Å². The predicted molar refractivity (Wildman–Crippen MR) is 67.2 cm³/mol. The molecule has 0 aliphatic rings. The van der Waals surface area contributed by atoms with Gasteiger partial charge in [0.2, 0.25) is 0 Å². The van der Waals surface area contributed by atoms with Crippen molar-refractivity contribution >= 4 is 22.5 Å². The Labute approximate surface area is 100.0 Å². The van der Waals surface area contributed by atoms with E-state index in [4.69, 9.17) is 16.3 Å². The summed E-state index contributed by atoms with van der Waals surface area (Å²) < 4.78 is 7.46. The molecule has 2 rings (SSSR count). The Morgan fingerprint density at radius 2 is 2.19 bits per heavy atom. The van der Waals surface area contributed by atoms with Gasteiger partial charge in [-0.3, -0.25) is 0 Å². The van der Waals surface area contributed by atoms with Crippen LogP contribution in [0.3, 0.4) is 0 Å². The van der Waals surface area contributed by atoms with E-state index in [9.17, 15) is 0 Å². The Morgan fingerprint density at radius 3 is 2.81 bits per heavy atom. The number of rotatable bonds is 3. The molecule has 0 amide bonds. The normalized spacial score (nSPS) is 11.0. The second-order valence-corrected chi connectivity index (χ2v) is 4.14. The van der Waals surface area contributed by atoms with Crippen LogP contribution in [0.1, 0.15) is 5.69 Å². The van der Waals surface area contributed by atoms with E-state index >= 15 is 0 Å². The number of hydrogen-bond acceptors (Lipinski definition) is 2. The first-order chi connectivity index (χ1) is 7.69. The molecule has 0 bridgehead atoms. The van der Waals surface area contributed by atoms with Gasteiger partial charge in [-0.2, -0.15) is 0 Å². The number of nitrogens with zero attached hydrogens (tertiary/aromatic N) is 1. The number of aromatic nitrogens is 1. The van der Waals surface area contributed by atoms with Gasteiger partial charge in [-0.25, -0.2) is 0 Å². The van der Waals surface area contributed by atoms with Gasteiger partial charge in [0.25, 0.3) is 0 Å². The average Bonchev–Trinajstić information content (AvgIpc) is 2.60. The zero-order valence-corrected chi connectivity index (χ0v) is 10.4. The maximum absolute atomic E-state index is 6.18. The van der Waals surface area contributed by atoms with Crippen molar-refractivity contribution in [3.05, 3.63) is 28.9 Å². The third kappa shape index (κ3) is 1.66. The van der Waals surface area contributed by atoms with Gasteiger partial charge in [0.15, 0.2) is 0 Å². The molecule has 0 radical (unpaired) electrons. The molecular weight excluding hydrogens is 224 g/mol. The Hall–Kier alpha value is -1.19. The van der Waals surface area contributed by atoms with E-state index in [0.717, 1.165) is 28.2 Å². The van der Waals surface area contributed by atoms with Gasteiger partial charge in [-0.15, -0.1) is 0 Å². The molecule has 1 aromatic heterocycles. The summed E-state index contributed by atoms with van der Waals surface area (Å²) in [7, 11) is 5.62. The lowest BCUT2D eigenvalue weighted by atomic mass is 10.2. The highest BCUT2D eigenvalue weighted by atomic mass is 35.5. The minimum atomic E-state index is 0.758. The lowest BCUT2D eigenvalue weighted by Gasteiger charge is -2.07. The van der Waals surface area contributed by atoms with Gasteiger partial charge in [0, 0.05) is 24.7 Å². The van der Waals surface area contributed by atoms with Crippen LogP contribution in [0.2, 0.25) is 5.02 Å². The van der Waals surface area contributed by atoms with Gasteiger partial charge in [0.05, 0.1) is 17.6 Å². The Bertz CT molecular complexity index is 519. The number of benzene rings is 1. The fourth-order valence-electron chi connectivity index (χ4n) is 1.97. The van der Waals surface area contributed by atoms with Crippen LogP contribution in [0.4, 0.5) is 0 Å². The van der Waals surface area contributed by atoms with Crippen LogP contribution in [0, 0.1) is 0 Å². The van der Waals surface area contributed by atoms with E-state index in [2.05, 4.69) is 16.0 Å². The number of aryl methyl sites for hydroxylation is 1. The summed E-state index contributed by atoms with van der Waals surface area (Å²) in [5.74, 6) is 0.851. The molecule has 0 unspecified atom stereocenters. The second-order valence-electron chi connectivity index (χ2n) is 3.74. The molecule has 1 aromatic carbocycles. The van der Waals surface area contributed by atoms with E-state index in [1.54, 1.807) is 7.11 Å². The van der Waals surface area contributed by atoms with Crippen molar-refractivity contribution in [3.8, 4) is 5.75 Å². The molecule has 0 atom stereocenters. The SMILES string of the molecule is CNCc1cc2c(Cl)ccc(OC)c2n1C. The van der Waals surface area contributed by atoms with Gasteiger partial charge >= 0.3 is 0 Å². The fourth-order valence-corrected chi connectivity index (χ4v) is 2.18. The first-order valence-electron chi connectivity index (χ1n) is 5.14. The number of halogens is 1. The molecular formula is C12H15ClN2O. The van der Waals surface area contributed by atoms with E-state index in [1.165, 1.54) is 5.69 Å². The molecule has 16 heavy (non-hydrogen) atoms. The van der Waals surface area contributed by atoms with E-state index in [1.807, 2.05) is 26.2 Å². The maximum atomic E-state index is 6.18. The van der Waals surface area contributed by atoms with Crippen LogP contribution < -0.4 is 10.1 Å². The summed E-state index contributed by atoms with van der Waals surface area (Å²) in [6.45, 7) is 0.810. The summed E-state index contributed by atoms with van der Waals surface area (Å²) >= 11 is 6.18. The number of hydrogen-bond donors (Lipinski definition) is 1.